The lowest BCUT2D eigenvalue weighted by Crippen LogP contribution is -2.16. The summed E-state index contributed by atoms with van der Waals surface area (Å²) >= 11 is 0. The Labute approximate surface area is 112 Å². The van der Waals surface area contributed by atoms with E-state index in [0.717, 1.165) is 23.7 Å². The minimum absolute atomic E-state index is 1.05. The van der Waals surface area contributed by atoms with Gasteiger partial charge in [0.2, 0.25) is 0 Å². The van der Waals surface area contributed by atoms with Crippen LogP contribution in [-0.4, -0.2) is 26.2 Å². The third-order valence-corrected chi connectivity index (χ3v) is 5.76. The molecule has 4 fully saturated rings. The Bertz CT molecular complexity index is 203. The van der Waals surface area contributed by atoms with Crippen molar-refractivity contribution in [1.82, 2.24) is 10.6 Å². The molecule has 2 aliphatic carbocycles. The molecule has 2 aliphatic heterocycles. The molecule has 18 heavy (non-hydrogen) atoms. The van der Waals surface area contributed by atoms with E-state index in [-0.39, 0.29) is 0 Å². The molecule has 0 radical (unpaired) electrons. The molecule has 0 bridgehead atoms. The summed E-state index contributed by atoms with van der Waals surface area (Å²) < 4.78 is 0. The number of rotatable bonds is 0. The van der Waals surface area contributed by atoms with Crippen molar-refractivity contribution in [2.75, 3.05) is 26.2 Å². The Morgan fingerprint density at radius 2 is 0.722 bits per heavy atom. The number of nitrogens with one attached hydrogen (secondary N) is 2. The molecule has 0 aromatic rings. The Balaban J connectivity index is 0.000000111. The lowest BCUT2D eigenvalue weighted by molar-refractivity contribution is 0.299. The van der Waals surface area contributed by atoms with Gasteiger partial charge in [0, 0.05) is 0 Å². The van der Waals surface area contributed by atoms with Crippen LogP contribution in [0.4, 0.5) is 0 Å². The molecule has 0 spiro atoms. The predicted octanol–water partition coefficient (Wildman–Crippen LogP) is 2.79. The van der Waals surface area contributed by atoms with E-state index in [2.05, 4.69) is 10.6 Å². The van der Waals surface area contributed by atoms with E-state index < -0.39 is 0 Å². The van der Waals surface area contributed by atoms with Crippen LogP contribution in [0.1, 0.15) is 51.4 Å². The van der Waals surface area contributed by atoms with Crippen LogP contribution in [0.2, 0.25) is 0 Å². The number of hydrogen-bond donors (Lipinski definition) is 2. The van der Waals surface area contributed by atoms with E-state index in [1.54, 1.807) is 0 Å². The molecule has 2 heterocycles. The summed E-state index contributed by atoms with van der Waals surface area (Å²) in [7, 11) is 0. The maximum absolute atomic E-state index is 3.46. The molecule has 4 rings (SSSR count). The van der Waals surface area contributed by atoms with Crippen LogP contribution < -0.4 is 10.6 Å². The van der Waals surface area contributed by atoms with E-state index in [1.807, 2.05) is 0 Å². The van der Waals surface area contributed by atoms with Crippen molar-refractivity contribution in [3.8, 4) is 0 Å². The first-order valence-electron chi connectivity index (χ1n) is 8.35. The Morgan fingerprint density at radius 1 is 0.444 bits per heavy atom. The first kappa shape index (κ1) is 12.9. The van der Waals surface area contributed by atoms with Gasteiger partial charge in [-0.15, -0.1) is 0 Å². The molecular weight excluding hydrogens is 220 g/mol. The SMILES string of the molecule is C1CC[C@H]2CNC[C@H]2C1.C1CC[C@H]2CNC[C@H]2C1. The summed E-state index contributed by atoms with van der Waals surface area (Å²) in [5, 5.41) is 6.93. The van der Waals surface area contributed by atoms with Gasteiger partial charge in [-0.2, -0.15) is 0 Å². The molecule has 104 valence electrons. The van der Waals surface area contributed by atoms with Crippen molar-refractivity contribution in [3.63, 3.8) is 0 Å². The predicted molar refractivity (Wildman–Crippen MR) is 76.6 cm³/mol. The van der Waals surface area contributed by atoms with E-state index in [0.29, 0.717) is 0 Å². The zero-order valence-corrected chi connectivity index (χ0v) is 11.8. The Kier molecular flexibility index (Phi) is 4.58. The van der Waals surface area contributed by atoms with Crippen LogP contribution in [0.25, 0.3) is 0 Å². The van der Waals surface area contributed by atoms with Gasteiger partial charge in [0.05, 0.1) is 0 Å². The average molecular weight is 250 g/mol. The van der Waals surface area contributed by atoms with Gasteiger partial charge in [0.1, 0.15) is 0 Å². The molecule has 2 heteroatoms. The van der Waals surface area contributed by atoms with Crippen LogP contribution in [0.5, 0.6) is 0 Å². The first-order valence-corrected chi connectivity index (χ1v) is 8.35. The zero-order chi connectivity index (χ0) is 12.2. The number of hydrogen-bond acceptors (Lipinski definition) is 2. The summed E-state index contributed by atoms with van der Waals surface area (Å²) in [5.74, 6) is 4.22. The summed E-state index contributed by atoms with van der Waals surface area (Å²) in [4.78, 5) is 0. The first-order chi connectivity index (χ1) is 8.93. The van der Waals surface area contributed by atoms with Crippen LogP contribution >= 0.6 is 0 Å². The second-order valence-electron chi connectivity index (χ2n) is 6.93. The monoisotopic (exact) mass is 250 g/mol. The minimum atomic E-state index is 1.05. The highest BCUT2D eigenvalue weighted by atomic mass is 14.9. The highest BCUT2D eigenvalue weighted by Crippen LogP contribution is 2.32. The van der Waals surface area contributed by atoms with Gasteiger partial charge in [-0.05, 0) is 75.5 Å². The van der Waals surface area contributed by atoms with Gasteiger partial charge in [-0.1, -0.05) is 25.7 Å². The topological polar surface area (TPSA) is 24.1 Å². The molecule has 2 saturated heterocycles. The summed E-state index contributed by atoms with van der Waals surface area (Å²) in [6.45, 7) is 5.24. The van der Waals surface area contributed by atoms with Crippen LogP contribution in [0.3, 0.4) is 0 Å². The maximum atomic E-state index is 3.46. The van der Waals surface area contributed by atoms with Gasteiger partial charge in [0.15, 0.2) is 0 Å². The lowest BCUT2D eigenvalue weighted by atomic mass is 9.82. The van der Waals surface area contributed by atoms with Crippen molar-refractivity contribution >= 4 is 0 Å². The molecular formula is C16H30N2. The highest BCUT2D eigenvalue weighted by Gasteiger charge is 2.29. The molecule has 0 amide bonds. The third kappa shape index (κ3) is 3.08. The van der Waals surface area contributed by atoms with Crippen LogP contribution in [0, 0.1) is 23.7 Å². The molecule has 2 nitrogen and oxygen atoms in total. The summed E-state index contributed by atoms with van der Waals surface area (Å²) in [6, 6.07) is 0. The maximum Gasteiger partial charge on any atom is -0.00173 e. The van der Waals surface area contributed by atoms with Gasteiger partial charge < -0.3 is 10.6 Å². The Morgan fingerprint density at radius 3 is 1.00 bits per heavy atom. The van der Waals surface area contributed by atoms with Gasteiger partial charge in [0.25, 0.3) is 0 Å². The molecule has 0 aromatic heterocycles. The van der Waals surface area contributed by atoms with E-state index in [9.17, 15) is 0 Å². The average Bonchev–Trinajstić information content (AvgIpc) is 3.08. The third-order valence-electron chi connectivity index (χ3n) is 5.76. The second kappa shape index (κ2) is 6.38. The highest BCUT2D eigenvalue weighted by molar-refractivity contribution is 4.84. The fourth-order valence-corrected chi connectivity index (χ4v) is 4.55. The fraction of sp³-hybridized carbons (Fsp3) is 1.00. The van der Waals surface area contributed by atoms with Crippen molar-refractivity contribution in [2.45, 2.75) is 51.4 Å². The zero-order valence-electron chi connectivity index (χ0n) is 11.8. The van der Waals surface area contributed by atoms with E-state index in [1.165, 1.54) is 77.5 Å². The van der Waals surface area contributed by atoms with Crippen molar-refractivity contribution in [3.05, 3.63) is 0 Å². The quantitative estimate of drug-likeness (QED) is 0.691. The molecule has 4 atom stereocenters. The van der Waals surface area contributed by atoms with Crippen molar-refractivity contribution in [1.29, 1.82) is 0 Å². The summed E-state index contributed by atoms with van der Waals surface area (Å²) in [5.41, 5.74) is 0. The largest absolute Gasteiger partial charge is 0.316 e. The van der Waals surface area contributed by atoms with E-state index >= 15 is 0 Å². The molecule has 4 aliphatic rings. The van der Waals surface area contributed by atoms with Crippen molar-refractivity contribution < 1.29 is 0 Å². The lowest BCUT2D eigenvalue weighted by Gasteiger charge is -2.23. The van der Waals surface area contributed by atoms with Gasteiger partial charge >= 0.3 is 0 Å². The molecule has 2 saturated carbocycles. The van der Waals surface area contributed by atoms with Gasteiger partial charge in [-0.25, -0.2) is 0 Å². The molecule has 0 aromatic carbocycles. The van der Waals surface area contributed by atoms with Crippen LogP contribution in [0.15, 0.2) is 0 Å². The smallest absolute Gasteiger partial charge is 0.00173 e. The van der Waals surface area contributed by atoms with Gasteiger partial charge in [-0.3, -0.25) is 0 Å². The fourth-order valence-electron chi connectivity index (χ4n) is 4.55. The Hall–Kier alpha value is -0.0800. The number of fused-ring (bicyclic) bond motifs is 2. The molecule has 2 N–H and O–H groups in total. The van der Waals surface area contributed by atoms with E-state index in [4.69, 9.17) is 0 Å². The molecule has 0 unspecified atom stereocenters. The van der Waals surface area contributed by atoms with Crippen molar-refractivity contribution in [2.24, 2.45) is 23.7 Å². The summed E-state index contributed by atoms with van der Waals surface area (Å²) in [6.07, 6.45) is 11.9. The second-order valence-corrected chi connectivity index (χ2v) is 6.93. The van der Waals surface area contributed by atoms with Crippen LogP contribution in [-0.2, 0) is 0 Å². The minimum Gasteiger partial charge on any atom is -0.316 e. The normalized spacial score (nSPS) is 42.7. The standard InChI is InChI=1S/2C8H15N/c2*1-2-4-8-6-9-5-7(8)3-1/h2*7-9H,1-6H2/t2*7-,8+.